The number of piperidine rings is 1. The third kappa shape index (κ3) is 2.12. The summed E-state index contributed by atoms with van der Waals surface area (Å²) >= 11 is 0. The van der Waals surface area contributed by atoms with E-state index in [9.17, 15) is 9.59 Å². The Hall–Kier alpha value is -0.900. The van der Waals surface area contributed by atoms with E-state index in [2.05, 4.69) is 0 Å². The highest BCUT2D eigenvalue weighted by molar-refractivity contribution is 5.98. The summed E-state index contributed by atoms with van der Waals surface area (Å²) in [5, 5.41) is 0. The quantitative estimate of drug-likeness (QED) is 0.681. The first-order valence-corrected chi connectivity index (χ1v) is 5.99. The van der Waals surface area contributed by atoms with Crippen LogP contribution in [0.2, 0.25) is 0 Å². The van der Waals surface area contributed by atoms with Crippen LogP contribution >= 0.6 is 0 Å². The lowest BCUT2D eigenvalue weighted by Gasteiger charge is -2.37. The standard InChI is InChI=1S/C12H19NO3/c1-16-7-6-13-10(14)8-12(9-11(13)15)4-2-3-5-12/h2-9H2,1H3. The average Bonchev–Trinajstić information content (AvgIpc) is 2.65. The molecule has 1 spiro atoms. The van der Waals surface area contributed by atoms with Crippen LogP contribution < -0.4 is 0 Å². The average molecular weight is 225 g/mol. The summed E-state index contributed by atoms with van der Waals surface area (Å²) in [6.07, 6.45) is 5.54. The van der Waals surface area contributed by atoms with Crippen molar-refractivity contribution in [1.82, 2.24) is 4.90 Å². The molecule has 0 unspecified atom stereocenters. The van der Waals surface area contributed by atoms with Crippen molar-refractivity contribution in [1.29, 1.82) is 0 Å². The van der Waals surface area contributed by atoms with E-state index in [-0.39, 0.29) is 17.2 Å². The predicted molar refractivity (Wildman–Crippen MR) is 58.7 cm³/mol. The fourth-order valence-electron chi connectivity index (χ4n) is 2.94. The molecule has 16 heavy (non-hydrogen) atoms. The maximum Gasteiger partial charge on any atom is 0.229 e. The maximum absolute atomic E-state index is 11.9. The highest BCUT2D eigenvalue weighted by Crippen LogP contribution is 2.46. The van der Waals surface area contributed by atoms with Gasteiger partial charge in [-0.25, -0.2) is 0 Å². The second-order valence-electron chi connectivity index (χ2n) is 4.99. The lowest BCUT2D eigenvalue weighted by molar-refractivity contribution is -0.154. The Kier molecular flexibility index (Phi) is 3.28. The second-order valence-corrected chi connectivity index (χ2v) is 4.99. The number of nitrogens with zero attached hydrogens (tertiary/aromatic N) is 1. The summed E-state index contributed by atoms with van der Waals surface area (Å²) in [7, 11) is 1.58. The summed E-state index contributed by atoms with van der Waals surface area (Å²) < 4.78 is 4.91. The van der Waals surface area contributed by atoms with Gasteiger partial charge in [0.25, 0.3) is 0 Å². The number of carbonyl (C=O) groups is 2. The minimum atomic E-state index is -0.00444. The minimum Gasteiger partial charge on any atom is -0.383 e. The van der Waals surface area contributed by atoms with Crippen molar-refractivity contribution in [3.8, 4) is 0 Å². The van der Waals surface area contributed by atoms with Crippen LogP contribution in [0.5, 0.6) is 0 Å². The number of imide groups is 1. The number of methoxy groups -OCH3 is 1. The molecular weight excluding hydrogens is 206 g/mol. The van der Waals surface area contributed by atoms with Crippen LogP contribution in [0.3, 0.4) is 0 Å². The van der Waals surface area contributed by atoms with Crippen molar-refractivity contribution in [2.24, 2.45) is 5.41 Å². The molecule has 4 heteroatoms. The van der Waals surface area contributed by atoms with Gasteiger partial charge in [0.1, 0.15) is 0 Å². The van der Waals surface area contributed by atoms with E-state index in [4.69, 9.17) is 4.74 Å². The summed E-state index contributed by atoms with van der Waals surface area (Å²) in [5.41, 5.74) is 0.0116. The molecule has 1 aliphatic heterocycles. The van der Waals surface area contributed by atoms with Gasteiger partial charge in [-0.1, -0.05) is 12.8 Å². The molecule has 2 amide bonds. The Morgan fingerprint density at radius 3 is 2.25 bits per heavy atom. The molecule has 0 atom stereocenters. The number of hydrogen-bond donors (Lipinski definition) is 0. The maximum atomic E-state index is 11.9. The summed E-state index contributed by atoms with van der Waals surface area (Å²) in [6.45, 7) is 0.842. The Labute approximate surface area is 95.9 Å². The number of rotatable bonds is 3. The van der Waals surface area contributed by atoms with E-state index < -0.39 is 0 Å². The normalized spacial score (nSPS) is 24.4. The fraction of sp³-hybridized carbons (Fsp3) is 0.833. The summed E-state index contributed by atoms with van der Waals surface area (Å²) in [6, 6.07) is 0. The molecule has 2 rings (SSSR count). The highest BCUT2D eigenvalue weighted by Gasteiger charge is 2.44. The van der Waals surface area contributed by atoms with E-state index in [1.165, 1.54) is 17.7 Å². The molecule has 2 aliphatic rings. The van der Waals surface area contributed by atoms with Gasteiger partial charge >= 0.3 is 0 Å². The molecule has 0 N–H and O–H groups in total. The third-order valence-electron chi connectivity index (χ3n) is 3.84. The van der Waals surface area contributed by atoms with E-state index in [1.807, 2.05) is 0 Å². The van der Waals surface area contributed by atoms with Gasteiger partial charge in [0.05, 0.1) is 13.2 Å². The Morgan fingerprint density at radius 2 is 1.75 bits per heavy atom. The van der Waals surface area contributed by atoms with Crippen molar-refractivity contribution in [2.75, 3.05) is 20.3 Å². The molecule has 0 aromatic heterocycles. The first kappa shape index (κ1) is 11.6. The summed E-state index contributed by atoms with van der Waals surface area (Å²) in [4.78, 5) is 25.2. The summed E-state index contributed by atoms with van der Waals surface area (Å²) in [5.74, 6) is -0.00889. The molecule has 0 aromatic carbocycles. The molecular formula is C12H19NO3. The number of likely N-dealkylation sites (tertiary alicyclic amines) is 1. The SMILES string of the molecule is COCCN1C(=O)CC2(CCCC2)CC1=O. The Bertz CT molecular complexity index is 275. The van der Waals surface area contributed by atoms with Gasteiger partial charge in [0, 0.05) is 20.0 Å². The molecule has 0 radical (unpaired) electrons. The van der Waals surface area contributed by atoms with Crippen LogP contribution in [0.4, 0.5) is 0 Å². The van der Waals surface area contributed by atoms with Crippen molar-refractivity contribution >= 4 is 11.8 Å². The number of ether oxygens (including phenoxy) is 1. The molecule has 1 aliphatic carbocycles. The zero-order valence-corrected chi connectivity index (χ0v) is 9.83. The van der Waals surface area contributed by atoms with Gasteiger partial charge in [-0.3, -0.25) is 14.5 Å². The molecule has 90 valence electrons. The number of carbonyl (C=O) groups excluding carboxylic acids is 2. The number of amides is 2. The molecule has 0 bridgehead atoms. The Morgan fingerprint density at radius 1 is 1.19 bits per heavy atom. The van der Waals surface area contributed by atoms with E-state index in [0.29, 0.717) is 26.0 Å². The van der Waals surface area contributed by atoms with Crippen LogP contribution in [0.1, 0.15) is 38.5 Å². The van der Waals surface area contributed by atoms with Crippen molar-refractivity contribution in [3.63, 3.8) is 0 Å². The molecule has 4 nitrogen and oxygen atoms in total. The Balaban J connectivity index is 2.01. The minimum absolute atomic E-state index is 0.00444. The van der Waals surface area contributed by atoms with Crippen LogP contribution in [0.25, 0.3) is 0 Å². The van der Waals surface area contributed by atoms with Crippen molar-refractivity contribution < 1.29 is 14.3 Å². The monoisotopic (exact) mass is 225 g/mol. The van der Waals surface area contributed by atoms with Gasteiger partial charge in [-0.15, -0.1) is 0 Å². The van der Waals surface area contributed by atoms with Crippen LogP contribution in [0, 0.1) is 5.41 Å². The zero-order valence-electron chi connectivity index (χ0n) is 9.83. The molecule has 1 saturated carbocycles. The van der Waals surface area contributed by atoms with Crippen LogP contribution in [-0.2, 0) is 14.3 Å². The predicted octanol–water partition coefficient (Wildman–Crippen LogP) is 1.34. The topological polar surface area (TPSA) is 46.6 Å². The van der Waals surface area contributed by atoms with Crippen molar-refractivity contribution in [3.05, 3.63) is 0 Å². The second kappa shape index (κ2) is 4.53. The van der Waals surface area contributed by atoms with Gasteiger partial charge in [0.15, 0.2) is 0 Å². The molecule has 0 aromatic rings. The largest absolute Gasteiger partial charge is 0.383 e. The van der Waals surface area contributed by atoms with Gasteiger partial charge in [0.2, 0.25) is 11.8 Å². The van der Waals surface area contributed by atoms with E-state index in [1.54, 1.807) is 7.11 Å². The van der Waals surface area contributed by atoms with E-state index >= 15 is 0 Å². The van der Waals surface area contributed by atoms with Gasteiger partial charge in [-0.05, 0) is 18.3 Å². The smallest absolute Gasteiger partial charge is 0.229 e. The third-order valence-corrected chi connectivity index (χ3v) is 3.84. The van der Waals surface area contributed by atoms with Crippen LogP contribution in [-0.4, -0.2) is 37.0 Å². The molecule has 1 heterocycles. The zero-order chi connectivity index (χ0) is 11.6. The molecule has 2 fully saturated rings. The van der Waals surface area contributed by atoms with Gasteiger partial charge in [-0.2, -0.15) is 0 Å². The highest BCUT2D eigenvalue weighted by atomic mass is 16.5. The van der Waals surface area contributed by atoms with E-state index in [0.717, 1.165) is 12.8 Å². The van der Waals surface area contributed by atoms with Crippen molar-refractivity contribution in [2.45, 2.75) is 38.5 Å². The van der Waals surface area contributed by atoms with Gasteiger partial charge < -0.3 is 4.74 Å². The lowest BCUT2D eigenvalue weighted by Crippen LogP contribution is -2.48. The van der Waals surface area contributed by atoms with Crippen LogP contribution in [0.15, 0.2) is 0 Å². The number of hydrogen-bond acceptors (Lipinski definition) is 3. The first-order valence-electron chi connectivity index (χ1n) is 5.99. The molecule has 1 saturated heterocycles. The first-order chi connectivity index (χ1) is 7.67. The fourth-order valence-corrected chi connectivity index (χ4v) is 2.94. The lowest BCUT2D eigenvalue weighted by atomic mass is 9.76.